The molecule has 0 aliphatic carbocycles. The molecule has 1 N–H and O–H groups in total. The number of rotatable bonds is 2. The van der Waals surface area contributed by atoms with E-state index < -0.39 is 17.7 Å². The monoisotopic (exact) mass is 251 g/mol. The van der Waals surface area contributed by atoms with Gasteiger partial charge in [0.05, 0.1) is 5.92 Å². The molecule has 5 heteroatoms. The number of hydrogen-bond acceptors (Lipinski definition) is 2. The number of halogens is 1. The van der Waals surface area contributed by atoms with E-state index in [1.807, 2.05) is 0 Å². The van der Waals surface area contributed by atoms with Crippen molar-refractivity contribution in [2.75, 3.05) is 13.1 Å². The molecule has 1 aromatic rings. The average Bonchev–Trinajstić information content (AvgIpc) is 2.39. The van der Waals surface area contributed by atoms with Crippen molar-refractivity contribution < 1.29 is 19.1 Å². The van der Waals surface area contributed by atoms with Crippen LogP contribution in [0.2, 0.25) is 0 Å². The molecule has 2 rings (SSSR count). The minimum Gasteiger partial charge on any atom is -0.481 e. The van der Waals surface area contributed by atoms with Crippen molar-refractivity contribution in [3.63, 3.8) is 0 Å². The van der Waals surface area contributed by atoms with Crippen molar-refractivity contribution in [1.82, 2.24) is 4.90 Å². The summed E-state index contributed by atoms with van der Waals surface area (Å²) in [5.41, 5.74) is 0.391. The fraction of sp³-hybridized carbons (Fsp3) is 0.385. The lowest BCUT2D eigenvalue weighted by atomic mass is 9.97. The number of hydrogen-bond donors (Lipinski definition) is 1. The van der Waals surface area contributed by atoms with Gasteiger partial charge in [0.1, 0.15) is 5.82 Å². The summed E-state index contributed by atoms with van der Waals surface area (Å²) in [7, 11) is 0. The van der Waals surface area contributed by atoms with Crippen molar-refractivity contribution in [1.29, 1.82) is 0 Å². The van der Waals surface area contributed by atoms with Gasteiger partial charge in [0.2, 0.25) is 0 Å². The lowest BCUT2D eigenvalue weighted by Crippen LogP contribution is -2.42. The predicted molar refractivity (Wildman–Crippen MR) is 62.7 cm³/mol. The molecule has 18 heavy (non-hydrogen) atoms. The van der Waals surface area contributed by atoms with Gasteiger partial charge >= 0.3 is 5.97 Å². The third kappa shape index (κ3) is 2.67. The van der Waals surface area contributed by atoms with Crippen molar-refractivity contribution in [3.05, 3.63) is 35.6 Å². The summed E-state index contributed by atoms with van der Waals surface area (Å²) >= 11 is 0. The molecular weight excluding hydrogens is 237 g/mol. The maximum absolute atomic E-state index is 12.8. The smallest absolute Gasteiger partial charge is 0.308 e. The molecule has 1 aliphatic heterocycles. The van der Waals surface area contributed by atoms with E-state index in [9.17, 15) is 14.0 Å². The Bertz CT molecular complexity index is 458. The van der Waals surface area contributed by atoms with Gasteiger partial charge in [-0.1, -0.05) is 0 Å². The predicted octanol–water partition coefficient (Wildman–Crippen LogP) is 1.76. The van der Waals surface area contributed by atoms with Crippen molar-refractivity contribution in [2.45, 2.75) is 12.8 Å². The number of likely N-dealkylation sites (tertiary alicyclic amines) is 1. The second kappa shape index (κ2) is 5.16. The summed E-state index contributed by atoms with van der Waals surface area (Å²) < 4.78 is 12.8. The molecule has 1 aromatic carbocycles. The van der Waals surface area contributed by atoms with Crippen LogP contribution in [0.15, 0.2) is 24.3 Å². The third-order valence-electron chi connectivity index (χ3n) is 3.15. The van der Waals surface area contributed by atoms with Crippen LogP contribution in [0.3, 0.4) is 0 Å². The highest BCUT2D eigenvalue weighted by Gasteiger charge is 2.28. The minimum atomic E-state index is -0.869. The van der Waals surface area contributed by atoms with Gasteiger partial charge in [0.15, 0.2) is 0 Å². The number of piperidine rings is 1. The van der Waals surface area contributed by atoms with E-state index in [2.05, 4.69) is 0 Å². The Morgan fingerprint density at radius 1 is 1.28 bits per heavy atom. The van der Waals surface area contributed by atoms with Crippen LogP contribution < -0.4 is 0 Å². The molecule has 0 radical (unpaired) electrons. The van der Waals surface area contributed by atoms with Gasteiger partial charge in [-0.2, -0.15) is 0 Å². The summed E-state index contributed by atoms with van der Waals surface area (Å²) in [6, 6.07) is 5.29. The van der Waals surface area contributed by atoms with E-state index in [1.165, 1.54) is 29.2 Å². The first kappa shape index (κ1) is 12.5. The van der Waals surface area contributed by atoms with Crippen molar-refractivity contribution in [2.24, 2.45) is 5.92 Å². The molecule has 1 atom stereocenters. The number of carboxylic acid groups (broad SMARTS) is 1. The second-order valence-electron chi connectivity index (χ2n) is 4.44. The highest BCUT2D eigenvalue weighted by molar-refractivity contribution is 5.94. The van der Waals surface area contributed by atoms with Gasteiger partial charge in [-0.15, -0.1) is 0 Å². The van der Waals surface area contributed by atoms with Crippen LogP contribution in [0, 0.1) is 11.7 Å². The number of carboxylic acids is 1. The maximum atomic E-state index is 12.8. The third-order valence-corrected chi connectivity index (χ3v) is 3.15. The molecule has 1 heterocycles. The molecule has 0 spiro atoms. The molecule has 1 amide bonds. The normalized spacial score (nSPS) is 19.6. The van der Waals surface area contributed by atoms with Gasteiger partial charge in [-0.25, -0.2) is 4.39 Å². The van der Waals surface area contributed by atoms with Gasteiger partial charge in [-0.3, -0.25) is 9.59 Å². The van der Waals surface area contributed by atoms with E-state index in [0.29, 0.717) is 24.9 Å². The van der Waals surface area contributed by atoms with Gasteiger partial charge in [-0.05, 0) is 37.1 Å². The van der Waals surface area contributed by atoms with Gasteiger partial charge < -0.3 is 10.0 Å². The molecule has 0 aromatic heterocycles. The quantitative estimate of drug-likeness (QED) is 0.871. The van der Waals surface area contributed by atoms with Gasteiger partial charge in [0.25, 0.3) is 5.91 Å². The molecular formula is C13H14FNO3. The Morgan fingerprint density at radius 2 is 1.94 bits per heavy atom. The number of benzene rings is 1. The zero-order chi connectivity index (χ0) is 13.1. The number of aliphatic carboxylic acids is 1. The molecule has 1 fully saturated rings. The molecule has 0 unspecified atom stereocenters. The second-order valence-corrected chi connectivity index (χ2v) is 4.44. The van der Waals surface area contributed by atoms with Gasteiger partial charge in [0, 0.05) is 18.7 Å². The molecule has 96 valence electrons. The van der Waals surface area contributed by atoms with E-state index in [4.69, 9.17) is 5.11 Å². The van der Waals surface area contributed by atoms with Crippen LogP contribution in [-0.2, 0) is 4.79 Å². The Hall–Kier alpha value is -1.91. The summed E-state index contributed by atoms with van der Waals surface area (Å²) in [4.78, 5) is 24.5. The first-order chi connectivity index (χ1) is 8.58. The Morgan fingerprint density at radius 3 is 2.56 bits per heavy atom. The van der Waals surface area contributed by atoms with E-state index in [1.54, 1.807) is 0 Å². The zero-order valence-electron chi connectivity index (χ0n) is 9.80. The summed E-state index contributed by atoms with van der Waals surface area (Å²) in [5, 5.41) is 8.96. The van der Waals surface area contributed by atoms with Crippen LogP contribution >= 0.6 is 0 Å². The molecule has 0 bridgehead atoms. The zero-order valence-corrected chi connectivity index (χ0v) is 9.80. The highest BCUT2D eigenvalue weighted by Crippen LogP contribution is 2.18. The minimum absolute atomic E-state index is 0.228. The molecule has 4 nitrogen and oxygen atoms in total. The van der Waals surface area contributed by atoms with E-state index >= 15 is 0 Å². The summed E-state index contributed by atoms with van der Waals surface area (Å²) in [6.45, 7) is 0.783. The van der Waals surface area contributed by atoms with Crippen molar-refractivity contribution in [3.8, 4) is 0 Å². The topological polar surface area (TPSA) is 57.6 Å². The van der Waals surface area contributed by atoms with E-state index in [-0.39, 0.29) is 12.5 Å². The number of amides is 1. The molecule has 1 aliphatic rings. The lowest BCUT2D eigenvalue weighted by molar-refractivity contribution is -0.143. The number of nitrogens with zero attached hydrogens (tertiary/aromatic N) is 1. The lowest BCUT2D eigenvalue weighted by Gasteiger charge is -2.30. The first-order valence-corrected chi connectivity index (χ1v) is 5.85. The molecule has 0 saturated carbocycles. The summed E-state index contributed by atoms with van der Waals surface area (Å²) in [6.07, 6.45) is 1.28. The van der Waals surface area contributed by atoms with Crippen LogP contribution in [0.4, 0.5) is 4.39 Å². The average molecular weight is 251 g/mol. The summed E-state index contributed by atoms with van der Waals surface area (Å²) in [5.74, 6) is -2.00. The SMILES string of the molecule is O=C(O)[C@@H]1CCCN(C(=O)c2ccc(F)cc2)C1. The van der Waals surface area contributed by atoms with Crippen LogP contribution in [-0.4, -0.2) is 35.0 Å². The highest BCUT2D eigenvalue weighted by atomic mass is 19.1. The van der Waals surface area contributed by atoms with E-state index in [0.717, 1.165) is 0 Å². The standard InChI is InChI=1S/C13H14FNO3/c14-11-5-3-9(4-6-11)12(16)15-7-1-2-10(8-15)13(17)18/h3-6,10H,1-2,7-8H2,(H,17,18)/t10-/m1/s1. The Balaban J connectivity index is 2.09. The van der Waals surface area contributed by atoms with Crippen LogP contribution in [0.5, 0.6) is 0 Å². The first-order valence-electron chi connectivity index (χ1n) is 5.85. The fourth-order valence-electron chi connectivity index (χ4n) is 2.14. The Labute approximate surface area is 104 Å². The molecule has 1 saturated heterocycles. The largest absolute Gasteiger partial charge is 0.481 e. The Kier molecular flexibility index (Phi) is 3.60. The number of carbonyl (C=O) groups is 2. The van der Waals surface area contributed by atoms with Crippen LogP contribution in [0.25, 0.3) is 0 Å². The van der Waals surface area contributed by atoms with Crippen molar-refractivity contribution >= 4 is 11.9 Å². The fourth-order valence-corrected chi connectivity index (χ4v) is 2.14. The number of carbonyl (C=O) groups excluding carboxylic acids is 1. The maximum Gasteiger partial charge on any atom is 0.308 e. The van der Waals surface area contributed by atoms with Crippen LogP contribution in [0.1, 0.15) is 23.2 Å².